The first-order chi connectivity index (χ1) is 6.65. The third-order valence-corrected chi connectivity index (χ3v) is 3.52. The SMILES string of the molecule is CCn1ccc2c(I)n(C)nc2c1=O. The van der Waals surface area contributed by atoms with Crippen LogP contribution in [-0.4, -0.2) is 14.3 Å². The highest BCUT2D eigenvalue weighted by Gasteiger charge is 2.09. The summed E-state index contributed by atoms with van der Waals surface area (Å²) in [4.78, 5) is 11.8. The Morgan fingerprint density at radius 1 is 1.57 bits per heavy atom. The maximum Gasteiger partial charge on any atom is 0.278 e. The van der Waals surface area contributed by atoms with Crippen LogP contribution in [-0.2, 0) is 13.6 Å². The van der Waals surface area contributed by atoms with Crippen molar-refractivity contribution < 1.29 is 0 Å². The first kappa shape index (κ1) is 9.70. The highest BCUT2D eigenvalue weighted by atomic mass is 127. The van der Waals surface area contributed by atoms with Crippen LogP contribution in [0.3, 0.4) is 0 Å². The summed E-state index contributed by atoms with van der Waals surface area (Å²) in [6.45, 7) is 2.63. The third-order valence-electron chi connectivity index (χ3n) is 2.24. The molecule has 0 aliphatic rings. The molecule has 0 radical (unpaired) electrons. The topological polar surface area (TPSA) is 39.8 Å². The lowest BCUT2D eigenvalue weighted by molar-refractivity contribution is 0.724. The van der Waals surface area contributed by atoms with Crippen LogP contribution in [0.5, 0.6) is 0 Å². The summed E-state index contributed by atoms with van der Waals surface area (Å²) in [5.74, 6) is 0. The summed E-state index contributed by atoms with van der Waals surface area (Å²) in [7, 11) is 1.84. The second kappa shape index (κ2) is 3.38. The number of nitrogens with zero attached hydrogens (tertiary/aromatic N) is 3. The zero-order valence-corrected chi connectivity index (χ0v) is 10.1. The van der Waals surface area contributed by atoms with Crippen molar-refractivity contribution in [1.29, 1.82) is 0 Å². The zero-order chi connectivity index (χ0) is 10.3. The van der Waals surface area contributed by atoms with Gasteiger partial charge in [-0.15, -0.1) is 0 Å². The number of rotatable bonds is 1. The molecule has 0 unspecified atom stereocenters. The van der Waals surface area contributed by atoms with Crippen molar-refractivity contribution in [3.8, 4) is 0 Å². The quantitative estimate of drug-likeness (QED) is 0.746. The van der Waals surface area contributed by atoms with Gasteiger partial charge in [0.25, 0.3) is 5.56 Å². The molecule has 5 heteroatoms. The van der Waals surface area contributed by atoms with Crippen molar-refractivity contribution >= 4 is 33.5 Å². The molecule has 0 aliphatic carbocycles. The zero-order valence-electron chi connectivity index (χ0n) is 7.99. The van der Waals surface area contributed by atoms with E-state index in [-0.39, 0.29) is 5.56 Å². The molecule has 2 heterocycles. The smallest absolute Gasteiger partial charge is 0.278 e. The molecule has 14 heavy (non-hydrogen) atoms. The van der Waals surface area contributed by atoms with Crippen molar-refractivity contribution in [1.82, 2.24) is 14.3 Å². The lowest BCUT2D eigenvalue weighted by atomic mass is 10.3. The molecule has 0 bridgehead atoms. The van der Waals surface area contributed by atoms with E-state index in [1.54, 1.807) is 9.25 Å². The Balaban J connectivity index is 2.91. The van der Waals surface area contributed by atoms with E-state index in [1.165, 1.54) is 0 Å². The average molecular weight is 303 g/mol. The van der Waals surface area contributed by atoms with E-state index < -0.39 is 0 Å². The lowest BCUT2D eigenvalue weighted by Gasteiger charge is -1.98. The molecule has 0 saturated carbocycles. The van der Waals surface area contributed by atoms with Gasteiger partial charge in [0.2, 0.25) is 0 Å². The van der Waals surface area contributed by atoms with E-state index in [2.05, 4.69) is 27.7 Å². The molecule has 0 N–H and O–H groups in total. The van der Waals surface area contributed by atoms with Gasteiger partial charge in [-0.25, -0.2) is 0 Å². The summed E-state index contributed by atoms with van der Waals surface area (Å²) in [6.07, 6.45) is 1.81. The second-order valence-corrected chi connectivity index (χ2v) is 4.11. The number of aryl methyl sites for hydroxylation is 2. The Hall–Kier alpha value is -0.850. The third kappa shape index (κ3) is 1.26. The maximum absolute atomic E-state index is 11.8. The van der Waals surface area contributed by atoms with Crippen molar-refractivity contribution in [2.75, 3.05) is 0 Å². The molecule has 0 fully saturated rings. The highest BCUT2D eigenvalue weighted by molar-refractivity contribution is 14.1. The Kier molecular flexibility index (Phi) is 2.34. The number of pyridine rings is 1. The monoisotopic (exact) mass is 303 g/mol. The molecule has 2 aromatic heterocycles. The summed E-state index contributed by atoms with van der Waals surface area (Å²) in [6, 6.07) is 1.94. The van der Waals surface area contributed by atoms with Crippen LogP contribution in [0.2, 0.25) is 0 Å². The van der Waals surface area contributed by atoms with Gasteiger partial charge in [0, 0.05) is 25.2 Å². The van der Waals surface area contributed by atoms with E-state index in [9.17, 15) is 4.79 Å². The second-order valence-electron chi connectivity index (χ2n) is 3.08. The van der Waals surface area contributed by atoms with Crippen LogP contribution in [0, 0.1) is 3.70 Å². The van der Waals surface area contributed by atoms with E-state index >= 15 is 0 Å². The van der Waals surface area contributed by atoms with Gasteiger partial charge in [-0.3, -0.25) is 9.48 Å². The fourth-order valence-electron chi connectivity index (χ4n) is 1.44. The highest BCUT2D eigenvalue weighted by Crippen LogP contribution is 2.15. The molecular weight excluding hydrogens is 293 g/mol. The van der Waals surface area contributed by atoms with Crippen LogP contribution < -0.4 is 5.56 Å². The molecule has 0 saturated heterocycles. The van der Waals surface area contributed by atoms with Gasteiger partial charge >= 0.3 is 0 Å². The van der Waals surface area contributed by atoms with Crippen molar-refractivity contribution in [2.45, 2.75) is 13.5 Å². The fraction of sp³-hybridized carbons (Fsp3) is 0.333. The van der Waals surface area contributed by atoms with Crippen LogP contribution in [0.15, 0.2) is 17.1 Å². The van der Waals surface area contributed by atoms with E-state index in [1.807, 2.05) is 26.2 Å². The van der Waals surface area contributed by atoms with Crippen LogP contribution >= 0.6 is 22.6 Å². The minimum atomic E-state index is -0.0106. The Bertz CT molecular complexity index is 541. The molecule has 0 spiro atoms. The standard InChI is InChI=1S/C9H10IN3O/c1-3-13-5-4-6-7(9(13)14)11-12(2)8(6)10/h4-5H,3H2,1-2H3. The van der Waals surface area contributed by atoms with E-state index in [0.717, 1.165) is 9.09 Å². The van der Waals surface area contributed by atoms with Gasteiger partial charge in [0.05, 0.1) is 0 Å². The summed E-state index contributed by atoms with van der Waals surface area (Å²) >= 11 is 2.19. The molecule has 0 amide bonds. The van der Waals surface area contributed by atoms with Crippen LogP contribution in [0.1, 0.15) is 6.92 Å². The average Bonchev–Trinajstić information content (AvgIpc) is 2.46. The summed E-state index contributed by atoms with van der Waals surface area (Å²) < 4.78 is 4.39. The molecule has 4 nitrogen and oxygen atoms in total. The minimum Gasteiger partial charge on any atom is -0.314 e. The molecule has 74 valence electrons. The minimum absolute atomic E-state index is 0.0106. The number of hydrogen-bond donors (Lipinski definition) is 0. The lowest BCUT2D eigenvalue weighted by Crippen LogP contribution is -2.18. The van der Waals surface area contributed by atoms with Crippen LogP contribution in [0.25, 0.3) is 10.9 Å². The van der Waals surface area contributed by atoms with E-state index in [4.69, 9.17) is 0 Å². The van der Waals surface area contributed by atoms with E-state index in [0.29, 0.717) is 12.1 Å². The molecule has 0 aliphatic heterocycles. The van der Waals surface area contributed by atoms with Gasteiger partial charge in [-0.05, 0) is 35.6 Å². The first-order valence-electron chi connectivity index (χ1n) is 4.36. The summed E-state index contributed by atoms with van der Waals surface area (Å²) in [5.41, 5.74) is 0.546. The van der Waals surface area contributed by atoms with Gasteiger partial charge in [-0.1, -0.05) is 0 Å². The molecule has 0 atom stereocenters. The Morgan fingerprint density at radius 2 is 2.29 bits per heavy atom. The molecule has 2 aromatic rings. The molecule has 2 rings (SSSR count). The molecular formula is C9H10IN3O. The predicted molar refractivity (Wildman–Crippen MR) is 63.4 cm³/mol. The Labute approximate surface area is 94.7 Å². The number of aromatic nitrogens is 3. The number of fused-ring (bicyclic) bond motifs is 1. The number of halogens is 1. The van der Waals surface area contributed by atoms with Crippen molar-refractivity contribution in [3.05, 3.63) is 26.3 Å². The van der Waals surface area contributed by atoms with Crippen molar-refractivity contribution in [3.63, 3.8) is 0 Å². The largest absolute Gasteiger partial charge is 0.314 e. The maximum atomic E-state index is 11.8. The number of hydrogen-bond acceptors (Lipinski definition) is 2. The normalized spacial score (nSPS) is 11.1. The van der Waals surface area contributed by atoms with Gasteiger partial charge in [0.1, 0.15) is 3.70 Å². The Morgan fingerprint density at radius 3 is 2.93 bits per heavy atom. The van der Waals surface area contributed by atoms with Crippen LogP contribution in [0.4, 0.5) is 0 Å². The fourth-order valence-corrected chi connectivity index (χ4v) is 1.99. The molecule has 0 aromatic carbocycles. The van der Waals surface area contributed by atoms with Crippen molar-refractivity contribution in [2.24, 2.45) is 7.05 Å². The van der Waals surface area contributed by atoms with Gasteiger partial charge in [0.15, 0.2) is 5.52 Å². The van der Waals surface area contributed by atoms with Gasteiger partial charge in [-0.2, -0.15) is 5.10 Å². The predicted octanol–water partition coefficient (Wildman–Crippen LogP) is 1.36. The van der Waals surface area contributed by atoms with Gasteiger partial charge < -0.3 is 4.57 Å². The first-order valence-corrected chi connectivity index (χ1v) is 5.44. The summed E-state index contributed by atoms with van der Waals surface area (Å²) in [5, 5.41) is 5.13.